The lowest BCUT2D eigenvalue weighted by Crippen LogP contribution is -2.37. The zero-order valence-electron chi connectivity index (χ0n) is 11.4. The number of aliphatic hydroxyl groups is 1. The molecule has 1 aromatic rings. The van der Waals surface area contributed by atoms with E-state index in [9.17, 15) is 9.90 Å². The number of carbonyl (C=O) groups is 1. The Morgan fingerprint density at radius 3 is 3.00 bits per heavy atom. The summed E-state index contributed by atoms with van der Waals surface area (Å²) in [5.74, 6) is 0.648. The molecule has 0 saturated carbocycles. The van der Waals surface area contributed by atoms with E-state index in [0.717, 1.165) is 6.54 Å². The Bertz CT molecular complexity index is 453. The molecule has 6 heteroatoms. The number of hydrogen-bond donors (Lipinski definition) is 3. The predicted molar refractivity (Wildman–Crippen MR) is 76.4 cm³/mol. The summed E-state index contributed by atoms with van der Waals surface area (Å²) < 4.78 is 5.51. The zero-order valence-corrected chi connectivity index (χ0v) is 11.4. The number of rotatable bonds is 5. The predicted octanol–water partition coefficient (Wildman–Crippen LogP) is -0.170. The summed E-state index contributed by atoms with van der Waals surface area (Å²) in [5, 5.41) is 12.8. The summed E-state index contributed by atoms with van der Waals surface area (Å²) >= 11 is 0. The Morgan fingerprint density at radius 1 is 1.40 bits per heavy atom. The van der Waals surface area contributed by atoms with Gasteiger partial charge in [-0.1, -0.05) is 12.1 Å². The van der Waals surface area contributed by atoms with E-state index in [4.69, 9.17) is 10.5 Å². The maximum Gasteiger partial charge on any atom is 0.221 e. The van der Waals surface area contributed by atoms with Crippen molar-refractivity contribution in [2.45, 2.75) is 12.5 Å². The minimum atomic E-state index is -0.609. The molecule has 1 aliphatic heterocycles. The number of amides is 1. The van der Waals surface area contributed by atoms with Crippen LogP contribution in [-0.2, 0) is 4.79 Å². The van der Waals surface area contributed by atoms with Gasteiger partial charge in [0.15, 0.2) is 0 Å². The largest absolute Gasteiger partial charge is 0.489 e. The van der Waals surface area contributed by atoms with E-state index in [1.54, 1.807) is 12.1 Å². The van der Waals surface area contributed by atoms with Crippen molar-refractivity contribution in [3.05, 3.63) is 24.3 Å². The van der Waals surface area contributed by atoms with Crippen LogP contribution in [0.3, 0.4) is 0 Å². The van der Waals surface area contributed by atoms with Crippen LogP contribution in [0.2, 0.25) is 0 Å². The van der Waals surface area contributed by atoms with Gasteiger partial charge in [0, 0.05) is 32.6 Å². The topological polar surface area (TPSA) is 87.8 Å². The summed E-state index contributed by atoms with van der Waals surface area (Å²) in [7, 11) is 0. The second-order valence-corrected chi connectivity index (χ2v) is 4.90. The Labute approximate surface area is 118 Å². The lowest BCUT2D eigenvalue weighted by molar-refractivity contribution is -0.120. The van der Waals surface area contributed by atoms with Crippen LogP contribution in [0.1, 0.15) is 6.42 Å². The van der Waals surface area contributed by atoms with Crippen LogP contribution in [0, 0.1) is 0 Å². The molecule has 6 nitrogen and oxygen atoms in total. The third-order valence-electron chi connectivity index (χ3n) is 3.22. The molecule has 0 radical (unpaired) electrons. The molecular formula is C14H21N3O3. The lowest BCUT2D eigenvalue weighted by atomic mass is 10.3. The van der Waals surface area contributed by atoms with Gasteiger partial charge in [-0.2, -0.15) is 0 Å². The molecule has 4 N–H and O–H groups in total. The number of benzene rings is 1. The molecule has 0 aromatic heterocycles. The third-order valence-corrected chi connectivity index (χ3v) is 3.22. The number of carbonyl (C=O) groups excluding carboxylic acids is 1. The molecule has 1 atom stereocenters. The summed E-state index contributed by atoms with van der Waals surface area (Å²) in [4.78, 5) is 13.3. The number of nitrogen functional groups attached to an aromatic ring is 1. The fraction of sp³-hybridized carbons (Fsp3) is 0.500. The number of nitrogens with zero attached hydrogens (tertiary/aromatic N) is 1. The number of aliphatic hydroxyl groups excluding tert-OH is 1. The lowest BCUT2D eigenvalue weighted by Gasteiger charge is -2.22. The summed E-state index contributed by atoms with van der Waals surface area (Å²) in [6.07, 6.45) is -0.137. The first-order chi connectivity index (χ1) is 9.65. The van der Waals surface area contributed by atoms with Gasteiger partial charge in [-0.15, -0.1) is 0 Å². The number of anilines is 1. The van der Waals surface area contributed by atoms with Gasteiger partial charge in [0.2, 0.25) is 5.91 Å². The summed E-state index contributed by atoms with van der Waals surface area (Å²) in [6.45, 7) is 2.71. The molecule has 1 aliphatic rings. The van der Waals surface area contributed by atoms with Crippen molar-refractivity contribution in [2.75, 3.05) is 38.5 Å². The van der Waals surface area contributed by atoms with E-state index < -0.39 is 6.10 Å². The van der Waals surface area contributed by atoms with Crippen molar-refractivity contribution in [3.8, 4) is 5.75 Å². The summed E-state index contributed by atoms with van der Waals surface area (Å²) in [5.41, 5.74) is 6.32. The second-order valence-electron chi connectivity index (χ2n) is 4.90. The Morgan fingerprint density at radius 2 is 2.20 bits per heavy atom. The molecule has 1 aromatic carbocycles. The highest BCUT2D eigenvalue weighted by molar-refractivity contribution is 5.76. The highest BCUT2D eigenvalue weighted by Gasteiger charge is 2.17. The average Bonchev–Trinajstić information content (AvgIpc) is 2.63. The Balaban J connectivity index is 1.76. The standard InChI is InChI=1S/C14H21N3O3/c15-12-3-1-2-4-13(12)20-10-11(18)9-17-7-5-14(19)16-6-8-17/h1-4,11,18H,5-10,15H2,(H,16,19). The maximum atomic E-state index is 11.2. The van der Waals surface area contributed by atoms with Crippen LogP contribution in [0.5, 0.6) is 5.75 Å². The molecule has 1 fully saturated rings. The second kappa shape index (κ2) is 7.12. The van der Waals surface area contributed by atoms with Gasteiger partial charge in [0.05, 0.1) is 5.69 Å². The molecule has 1 unspecified atom stereocenters. The quantitative estimate of drug-likeness (QED) is 0.651. The number of hydrogen-bond acceptors (Lipinski definition) is 5. The van der Waals surface area contributed by atoms with E-state index >= 15 is 0 Å². The van der Waals surface area contributed by atoms with Crippen molar-refractivity contribution in [2.24, 2.45) is 0 Å². The molecule has 0 aliphatic carbocycles. The monoisotopic (exact) mass is 279 g/mol. The Hall–Kier alpha value is -1.79. The van der Waals surface area contributed by atoms with Crippen molar-refractivity contribution in [1.29, 1.82) is 0 Å². The average molecular weight is 279 g/mol. The van der Waals surface area contributed by atoms with Crippen LogP contribution in [0.25, 0.3) is 0 Å². The van der Waals surface area contributed by atoms with Crippen LogP contribution >= 0.6 is 0 Å². The summed E-state index contributed by atoms with van der Waals surface area (Å²) in [6, 6.07) is 7.20. The minimum Gasteiger partial charge on any atom is -0.489 e. The molecule has 2 rings (SSSR count). The van der Waals surface area contributed by atoms with Crippen molar-refractivity contribution >= 4 is 11.6 Å². The molecular weight excluding hydrogens is 258 g/mol. The first-order valence-electron chi connectivity index (χ1n) is 6.79. The molecule has 0 bridgehead atoms. The molecule has 1 saturated heterocycles. The number of para-hydroxylation sites is 2. The smallest absolute Gasteiger partial charge is 0.221 e. The van der Waals surface area contributed by atoms with E-state index in [1.807, 2.05) is 12.1 Å². The first kappa shape index (κ1) is 14.6. The van der Waals surface area contributed by atoms with Gasteiger partial charge >= 0.3 is 0 Å². The number of ether oxygens (including phenoxy) is 1. The molecule has 1 heterocycles. The fourth-order valence-electron chi connectivity index (χ4n) is 2.14. The van der Waals surface area contributed by atoms with Crippen molar-refractivity contribution in [1.82, 2.24) is 10.2 Å². The number of nitrogens with two attached hydrogens (primary N) is 1. The molecule has 20 heavy (non-hydrogen) atoms. The fourth-order valence-corrected chi connectivity index (χ4v) is 2.14. The maximum absolute atomic E-state index is 11.2. The molecule has 0 spiro atoms. The van der Waals surface area contributed by atoms with Gasteiger partial charge in [-0.3, -0.25) is 9.69 Å². The van der Waals surface area contributed by atoms with Gasteiger partial charge in [-0.25, -0.2) is 0 Å². The SMILES string of the molecule is Nc1ccccc1OCC(O)CN1CCNC(=O)CC1. The van der Waals surface area contributed by atoms with E-state index in [-0.39, 0.29) is 12.5 Å². The van der Waals surface area contributed by atoms with Crippen molar-refractivity contribution < 1.29 is 14.6 Å². The van der Waals surface area contributed by atoms with E-state index in [1.165, 1.54) is 0 Å². The number of β-amino-alcohol motifs (C(OH)–C–C–N with tert-alkyl or cyclic N) is 1. The normalized spacial score (nSPS) is 18.1. The van der Waals surface area contributed by atoms with Gasteiger partial charge in [-0.05, 0) is 12.1 Å². The van der Waals surface area contributed by atoms with Gasteiger partial charge < -0.3 is 20.9 Å². The van der Waals surface area contributed by atoms with Gasteiger partial charge in [0.1, 0.15) is 18.5 Å². The van der Waals surface area contributed by atoms with Gasteiger partial charge in [0.25, 0.3) is 0 Å². The van der Waals surface area contributed by atoms with Crippen LogP contribution in [-0.4, -0.2) is 54.8 Å². The van der Waals surface area contributed by atoms with Crippen molar-refractivity contribution in [3.63, 3.8) is 0 Å². The van der Waals surface area contributed by atoms with E-state index in [2.05, 4.69) is 10.2 Å². The molecule has 1 amide bonds. The first-order valence-corrected chi connectivity index (χ1v) is 6.79. The third kappa shape index (κ3) is 4.40. The zero-order chi connectivity index (χ0) is 14.4. The minimum absolute atomic E-state index is 0.0651. The van der Waals surface area contributed by atoms with E-state index in [0.29, 0.717) is 37.5 Å². The highest BCUT2D eigenvalue weighted by Crippen LogP contribution is 2.19. The highest BCUT2D eigenvalue weighted by atomic mass is 16.5. The van der Waals surface area contributed by atoms with Crippen LogP contribution in [0.15, 0.2) is 24.3 Å². The number of nitrogens with one attached hydrogen (secondary N) is 1. The molecule has 110 valence electrons. The van der Waals surface area contributed by atoms with Crippen LogP contribution in [0.4, 0.5) is 5.69 Å². The van der Waals surface area contributed by atoms with Crippen LogP contribution < -0.4 is 15.8 Å². The Kier molecular flexibility index (Phi) is 5.20.